The highest BCUT2D eigenvalue weighted by molar-refractivity contribution is 5.83. The number of hydrogen-bond donors (Lipinski definition) is 1. The topological polar surface area (TPSA) is 70.0 Å². The first kappa shape index (κ1) is 29.1. The third-order valence-corrected chi connectivity index (χ3v) is 4.61. The second kappa shape index (κ2) is 16.8. The standard InChI is InChI=1S/C23H26N2O2.C2H6O.C2H6/c1-17(15-26)22-10-8-18(9-11-23(22)24-2)19-6-5-7-21(16-27)20(14-19)12-13-25(3)4;1-2-3;1-2/h6-7,9-11,14-16H,1-2,5,8,12-13H2,3-4H3;3H,2H2,1H3;1-2H3. The van der Waals surface area contributed by atoms with Crippen LogP contribution in [0.15, 0.2) is 87.2 Å². The number of aliphatic imine (C=N–C) groups is 1. The number of rotatable bonds is 8. The lowest BCUT2D eigenvalue weighted by Crippen LogP contribution is -2.14. The molecule has 0 aromatic carbocycles. The molecule has 0 aromatic rings. The SMILES string of the molecule is C=NC1=CC=C(C2=CCC=C(C=O)C(CCN(C)C)=C2)CC=C1C(=C)C=O.CC.CCO. The van der Waals surface area contributed by atoms with E-state index in [4.69, 9.17) is 5.11 Å². The molecule has 5 nitrogen and oxygen atoms in total. The fourth-order valence-electron chi connectivity index (χ4n) is 3.05. The van der Waals surface area contributed by atoms with Gasteiger partial charge in [-0.1, -0.05) is 50.8 Å². The van der Waals surface area contributed by atoms with Crippen molar-refractivity contribution in [3.63, 3.8) is 0 Å². The summed E-state index contributed by atoms with van der Waals surface area (Å²) in [5.41, 5.74) is 5.74. The van der Waals surface area contributed by atoms with Gasteiger partial charge in [0.1, 0.15) is 12.6 Å². The minimum Gasteiger partial charge on any atom is -0.397 e. The molecule has 0 saturated heterocycles. The molecule has 0 amide bonds. The Balaban J connectivity index is 0.00000177. The van der Waals surface area contributed by atoms with E-state index in [0.717, 1.165) is 47.8 Å². The van der Waals surface area contributed by atoms with Gasteiger partial charge in [-0.25, -0.2) is 0 Å². The molecule has 2 aliphatic carbocycles. The van der Waals surface area contributed by atoms with Gasteiger partial charge in [0.05, 0.1) is 5.70 Å². The number of nitrogens with zero attached hydrogens (tertiary/aromatic N) is 2. The van der Waals surface area contributed by atoms with E-state index in [9.17, 15) is 9.59 Å². The maximum Gasteiger partial charge on any atom is 0.150 e. The summed E-state index contributed by atoms with van der Waals surface area (Å²) >= 11 is 0. The molecule has 0 heterocycles. The average Bonchev–Trinajstić information content (AvgIpc) is 3.14. The number of aliphatic hydroxyl groups excluding tert-OH is 1. The predicted octanol–water partition coefficient (Wildman–Crippen LogP) is 4.94. The van der Waals surface area contributed by atoms with Crippen LogP contribution in [0, 0.1) is 0 Å². The molecule has 1 N–H and O–H groups in total. The van der Waals surface area contributed by atoms with E-state index >= 15 is 0 Å². The van der Waals surface area contributed by atoms with Crippen molar-refractivity contribution in [3.05, 3.63) is 82.2 Å². The number of aliphatic hydroxyl groups is 1. The quantitative estimate of drug-likeness (QED) is 0.331. The molecule has 0 unspecified atom stereocenters. The molecule has 0 spiro atoms. The lowest BCUT2D eigenvalue weighted by atomic mass is 9.96. The molecule has 2 rings (SSSR count). The van der Waals surface area contributed by atoms with E-state index in [1.165, 1.54) is 0 Å². The van der Waals surface area contributed by atoms with Gasteiger partial charge in [-0.2, -0.15) is 0 Å². The first-order chi connectivity index (χ1) is 15.4. The average molecular weight is 439 g/mol. The molecule has 0 saturated carbocycles. The number of carbonyl (C=O) groups excluding carboxylic acids is 2. The summed E-state index contributed by atoms with van der Waals surface area (Å²) in [7, 11) is 4.04. The van der Waals surface area contributed by atoms with Crippen molar-refractivity contribution in [1.29, 1.82) is 0 Å². The molecular weight excluding hydrogens is 400 g/mol. The number of hydrogen-bond acceptors (Lipinski definition) is 5. The smallest absolute Gasteiger partial charge is 0.150 e. The first-order valence-electron chi connectivity index (χ1n) is 11.0. The minimum atomic E-state index is 0.250. The molecule has 0 radical (unpaired) electrons. The number of carbonyl (C=O) groups is 2. The Morgan fingerprint density at radius 3 is 2.38 bits per heavy atom. The maximum absolute atomic E-state index is 11.5. The van der Waals surface area contributed by atoms with E-state index in [1.807, 2.05) is 52.2 Å². The van der Waals surface area contributed by atoms with Crippen molar-refractivity contribution < 1.29 is 14.7 Å². The predicted molar refractivity (Wildman–Crippen MR) is 136 cm³/mol. The van der Waals surface area contributed by atoms with Crippen molar-refractivity contribution in [2.75, 3.05) is 27.2 Å². The summed E-state index contributed by atoms with van der Waals surface area (Å²) in [6.45, 7) is 14.2. The number of aldehydes is 2. The molecule has 0 atom stereocenters. The lowest BCUT2D eigenvalue weighted by molar-refractivity contribution is -0.105. The molecule has 0 aromatic heterocycles. The minimum absolute atomic E-state index is 0.250. The van der Waals surface area contributed by atoms with Gasteiger partial charge in [-0.05, 0) is 69.8 Å². The van der Waals surface area contributed by atoms with Gasteiger partial charge in [0.2, 0.25) is 0 Å². The van der Waals surface area contributed by atoms with Gasteiger partial charge < -0.3 is 10.0 Å². The van der Waals surface area contributed by atoms with Gasteiger partial charge in [0.15, 0.2) is 0 Å². The molecule has 0 aliphatic heterocycles. The lowest BCUT2D eigenvalue weighted by Gasteiger charge is -2.13. The summed E-state index contributed by atoms with van der Waals surface area (Å²) < 4.78 is 0. The molecular formula is C27H38N2O3. The Kier molecular flexibility index (Phi) is 15.2. The Morgan fingerprint density at radius 2 is 1.84 bits per heavy atom. The van der Waals surface area contributed by atoms with Gasteiger partial charge in [-0.3, -0.25) is 14.6 Å². The highest BCUT2D eigenvalue weighted by atomic mass is 16.2. The summed E-state index contributed by atoms with van der Waals surface area (Å²) in [5, 5.41) is 7.57. The fourth-order valence-corrected chi connectivity index (χ4v) is 3.05. The van der Waals surface area contributed by atoms with Crippen molar-refractivity contribution in [2.45, 2.75) is 40.0 Å². The van der Waals surface area contributed by atoms with E-state index in [1.54, 1.807) is 6.92 Å². The summed E-state index contributed by atoms with van der Waals surface area (Å²) in [5.74, 6) is 0. The fraction of sp³-hybridized carbons (Fsp3) is 0.370. The van der Waals surface area contributed by atoms with E-state index in [-0.39, 0.29) is 6.61 Å². The van der Waals surface area contributed by atoms with Crippen LogP contribution >= 0.6 is 0 Å². The highest BCUT2D eigenvalue weighted by Gasteiger charge is 2.14. The largest absolute Gasteiger partial charge is 0.397 e. The van der Waals surface area contributed by atoms with Crippen LogP contribution in [0.5, 0.6) is 0 Å². The molecule has 2 aliphatic rings. The van der Waals surface area contributed by atoms with Crippen molar-refractivity contribution in [1.82, 2.24) is 4.90 Å². The third-order valence-electron chi connectivity index (χ3n) is 4.61. The van der Waals surface area contributed by atoms with Crippen LogP contribution in [-0.2, 0) is 9.59 Å². The molecule has 174 valence electrons. The molecule has 5 heteroatoms. The molecule has 0 fully saturated rings. The van der Waals surface area contributed by atoms with Gasteiger partial charge in [0.25, 0.3) is 0 Å². The van der Waals surface area contributed by atoms with Crippen LogP contribution in [0.3, 0.4) is 0 Å². The van der Waals surface area contributed by atoms with Gasteiger partial charge in [0, 0.05) is 29.9 Å². The van der Waals surface area contributed by atoms with Crippen molar-refractivity contribution in [3.8, 4) is 0 Å². The normalized spacial score (nSPS) is 15.3. The highest BCUT2D eigenvalue weighted by Crippen LogP contribution is 2.30. The van der Waals surface area contributed by atoms with Crippen LogP contribution in [0.2, 0.25) is 0 Å². The van der Waals surface area contributed by atoms with Crippen molar-refractivity contribution >= 4 is 19.3 Å². The monoisotopic (exact) mass is 438 g/mol. The Bertz CT molecular complexity index is 850. The van der Waals surface area contributed by atoms with Crippen LogP contribution in [0.4, 0.5) is 0 Å². The van der Waals surface area contributed by atoms with Crippen molar-refractivity contribution in [2.24, 2.45) is 4.99 Å². The first-order valence-corrected chi connectivity index (χ1v) is 11.0. The Morgan fingerprint density at radius 1 is 1.19 bits per heavy atom. The van der Waals surface area contributed by atoms with Gasteiger partial charge in [-0.15, -0.1) is 0 Å². The summed E-state index contributed by atoms with van der Waals surface area (Å²) in [6, 6.07) is 0. The Hall–Kier alpha value is -2.89. The van der Waals surface area contributed by atoms with Gasteiger partial charge >= 0.3 is 0 Å². The van der Waals surface area contributed by atoms with Crippen LogP contribution < -0.4 is 0 Å². The molecule has 0 bridgehead atoms. The van der Waals surface area contributed by atoms with Crippen LogP contribution in [0.1, 0.15) is 40.0 Å². The van der Waals surface area contributed by atoms with Crippen LogP contribution in [-0.4, -0.2) is 56.5 Å². The zero-order valence-corrected chi connectivity index (χ0v) is 20.2. The maximum atomic E-state index is 11.5. The van der Waals surface area contributed by atoms with E-state index in [0.29, 0.717) is 29.7 Å². The van der Waals surface area contributed by atoms with E-state index in [2.05, 4.69) is 35.3 Å². The summed E-state index contributed by atoms with van der Waals surface area (Å²) in [6.07, 6.45) is 15.9. The second-order valence-corrected chi connectivity index (χ2v) is 7.08. The summed E-state index contributed by atoms with van der Waals surface area (Å²) in [4.78, 5) is 28.8. The Labute approximate surface area is 193 Å². The zero-order valence-electron chi connectivity index (χ0n) is 20.2. The number of allylic oxidation sites excluding steroid dienone is 10. The molecule has 32 heavy (non-hydrogen) atoms. The van der Waals surface area contributed by atoms with E-state index < -0.39 is 0 Å². The van der Waals surface area contributed by atoms with Crippen LogP contribution in [0.25, 0.3) is 0 Å². The second-order valence-electron chi connectivity index (χ2n) is 7.08. The zero-order chi connectivity index (χ0) is 24.5. The third kappa shape index (κ3) is 9.50.